The number of nitrogens with zero attached hydrogens (tertiary/aromatic N) is 2. The molecule has 3 N–H and O–H groups in total. The van der Waals surface area contributed by atoms with E-state index >= 15 is 0 Å². The summed E-state index contributed by atoms with van der Waals surface area (Å²) < 4.78 is 0. The Bertz CT molecular complexity index is 371. The van der Waals surface area contributed by atoms with Gasteiger partial charge >= 0.3 is 0 Å². The molecule has 0 aliphatic heterocycles. The molecule has 0 saturated heterocycles. The zero-order chi connectivity index (χ0) is 12.8. The zero-order valence-corrected chi connectivity index (χ0v) is 11.6. The summed E-state index contributed by atoms with van der Waals surface area (Å²) in [6.07, 6.45) is 3.49. The summed E-state index contributed by atoms with van der Waals surface area (Å²) in [6.45, 7) is 3.08. The zero-order valence-electron chi connectivity index (χ0n) is 10.1. The number of nitrogens with one attached hydrogen (secondary N) is 1. The summed E-state index contributed by atoms with van der Waals surface area (Å²) >= 11 is 12.0. The Kier molecular flexibility index (Phi) is 5.82. The van der Waals surface area contributed by atoms with Gasteiger partial charge in [-0.1, -0.05) is 43.0 Å². The van der Waals surface area contributed by atoms with Crippen molar-refractivity contribution in [1.29, 1.82) is 0 Å². The van der Waals surface area contributed by atoms with E-state index in [9.17, 15) is 0 Å². The first-order valence-corrected chi connectivity index (χ1v) is 6.39. The summed E-state index contributed by atoms with van der Waals surface area (Å²) in [7, 11) is 1.96. The van der Waals surface area contributed by atoms with Crippen LogP contribution in [0.25, 0.3) is 0 Å². The van der Waals surface area contributed by atoms with Crippen LogP contribution in [0.4, 0.5) is 11.6 Å². The molecule has 0 fully saturated rings. The lowest BCUT2D eigenvalue weighted by molar-refractivity contribution is 0.701. The molecule has 0 aliphatic carbocycles. The third-order valence-corrected chi connectivity index (χ3v) is 3.07. The standard InChI is InChI=1S/C11H18Cl2N4/c1-3-4-5-6-17(2)11-9(13)7-8(12)10(15-11)16-14/h7H,3-6,14H2,1-2H3,(H,15,16). The second kappa shape index (κ2) is 6.89. The van der Waals surface area contributed by atoms with Crippen molar-refractivity contribution in [3.63, 3.8) is 0 Å². The Hall–Kier alpha value is -0.710. The predicted octanol–water partition coefficient (Wildman–Crippen LogP) is 3.30. The van der Waals surface area contributed by atoms with E-state index in [1.807, 2.05) is 11.9 Å². The Morgan fingerprint density at radius 3 is 2.65 bits per heavy atom. The molecule has 1 rings (SSSR count). The fraction of sp³-hybridized carbons (Fsp3) is 0.545. The van der Waals surface area contributed by atoms with E-state index in [0.717, 1.165) is 13.0 Å². The van der Waals surface area contributed by atoms with E-state index in [2.05, 4.69) is 17.3 Å². The number of anilines is 2. The fourth-order valence-electron chi connectivity index (χ4n) is 1.53. The molecular weight excluding hydrogens is 259 g/mol. The molecular formula is C11H18Cl2N4. The molecule has 6 heteroatoms. The minimum absolute atomic E-state index is 0.420. The molecule has 4 nitrogen and oxygen atoms in total. The molecule has 0 bridgehead atoms. The Morgan fingerprint density at radius 2 is 2.06 bits per heavy atom. The summed E-state index contributed by atoms with van der Waals surface area (Å²) in [5.41, 5.74) is 2.46. The van der Waals surface area contributed by atoms with Gasteiger partial charge < -0.3 is 10.3 Å². The lowest BCUT2D eigenvalue weighted by Crippen LogP contribution is -2.21. The first-order chi connectivity index (χ1) is 8.10. The lowest BCUT2D eigenvalue weighted by atomic mass is 10.2. The molecule has 1 heterocycles. The van der Waals surface area contributed by atoms with Gasteiger partial charge in [0.2, 0.25) is 0 Å². The number of hydrogen-bond donors (Lipinski definition) is 2. The van der Waals surface area contributed by atoms with Gasteiger partial charge in [-0.3, -0.25) is 0 Å². The molecule has 0 saturated carbocycles. The highest BCUT2D eigenvalue weighted by molar-refractivity contribution is 6.37. The number of rotatable bonds is 6. The smallest absolute Gasteiger partial charge is 0.161 e. The van der Waals surface area contributed by atoms with Crippen LogP contribution in [0.2, 0.25) is 10.0 Å². The van der Waals surface area contributed by atoms with E-state index in [4.69, 9.17) is 29.0 Å². The van der Waals surface area contributed by atoms with E-state index < -0.39 is 0 Å². The number of aromatic nitrogens is 1. The minimum Gasteiger partial charge on any atom is -0.358 e. The Labute approximate surface area is 112 Å². The molecule has 0 radical (unpaired) electrons. The molecule has 17 heavy (non-hydrogen) atoms. The highest BCUT2D eigenvalue weighted by atomic mass is 35.5. The van der Waals surface area contributed by atoms with Crippen molar-refractivity contribution in [3.05, 3.63) is 16.1 Å². The highest BCUT2D eigenvalue weighted by Gasteiger charge is 2.12. The first kappa shape index (κ1) is 14.4. The number of hydrazine groups is 1. The third kappa shape index (κ3) is 3.91. The highest BCUT2D eigenvalue weighted by Crippen LogP contribution is 2.30. The van der Waals surface area contributed by atoms with Crippen molar-refractivity contribution in [3.8, 4) is 0 Å². The van der Waals surface area contributed by atoms with Gasteiger partial charge in [-0.05, 0) is 12.5 Å². The maximum absolute atomic E-state index is 6.11. The Morgan fingerprint density at radius 1 is 1.35 bits per heavy atom. The fourth-order valence-corrected chi connectivity index (χ4v) is 2.09. The van der Waals surface area contributed by atoms with E-state index in [0.29, 0.717) is 21.7 Å². The summed E-state index contributed by atoms with van der Waals surface area (Å²) in [4.78, 5) is 6.30. The third-order valence-electron chi connectivity index (χ3n) is 2.51. The maximum atomic E-state index is 6.11. The Balaban J connectivity index is 2.81. The van der Waals surface area contributed by atoms with Gasteiger partial charge in [-0.2, -0.15) is 0 Å². The van der Waals surface area contributed by atoms with Crippen LogP contribution in [-0.2, 0) is 0 Å². The van der Waals surface area contributed by atoms with Crippen LogP contribution >= 0.6 is 23.2 Å². The molecule has 1 aromatic rings. The molecule has 0 amide bonds. The van der Waals surface area contributed by atoms with Crippen LogP contribution < -0.4 is 16.2 Å². The van der Waals surface area contributed by atoms with Crippen molar-refractivity contribution in [1.82, 2.24) is 4.98 Å². The topological polar surface area (TPSA) is 54.2 Å². The molecule has 0 unspecified atom stereocenters. The van der Waals surface area contributed by atoms with Crippen LogP contribution in [-0.4, -0.2) is 18.6 Å². The number of hydrogen-bond acceptors (Lipinski definition) is 4. The molecule has 96 valence electrons. The number of nitrogen functional groups attached to an aromatic ring is 1. The van der Waals surface area contributed by atoms with Crippen LogP contribution in [0.3, 0.4) is 0 Å². The van der Waals surface area contributed by atoms with E-state index in [1.54, 1.807) is 6.07 Å². The van der Waals surface area contributed by atoms with Crippen molar-refractivity contribution >= 4 is 34.8 Å². The van der Waals surface area contributed by atoms with Gasteiger partial charge in [0.05, 0.1) is 10.0 Å². The van der Waals surface area contributed by atoms with E-state index in [1.165, 1.54) is 12.8 Å². The summed E-state index contributed by atoms with van der Waals surface area (Å²) in [6, 6.07) is 1.65. The predicted molar refractivity (Wildman–Crippen MR) is 74.9 cm³/mol. The average Bonchev–Trinajstić information content (AvgIpc) is 2.29. The lowest BCUT2D eigenvalue weighted by Gasteiger charge is -2.20. The van der Waals surface area contributed by atoms with Crippen molar-refractivity contribution in [2.45, 2.75) is 26.2 Å². The average molecular weight is 277 g/mol. The van der Waals surface area contributed by atoms with Gasteiger partial charge in [-0.25, -0.2) is 10.8 Å². The minimum atomic E-state index is 0.420. The molecule has 0 atom stereocenters. The van der Waals surface area contributed by atoms with Crippen LogP contribution in [0, 0.1) is 0 Å². The number of nitrogens with two attached hydrogens (primary N) is 1. The molecule has 0 aromatic carbocycles. The van der Waals surface area contributed by atoms with Crippen molar-refractivity contribution in [2.24, 2.45) is 5.84 Å². The first-order valence-electron chi connectivity index (χ1n) is 5.64. The van der Waals surface area contributed by atoms with Gasteiger partial charge in [0.25, 0.3) is 0 Å². The van der Waals surface area contributed by atoms with Crippen LogP contribution in [0.15, 0.2) is 6.07 Å². The van der Waals surface area contributed by atoms with Crippen molar-refractivity contribution in [2.75, 3.05) is 23.9 Å². The number of halogens is 2. The van der Waals surface area contributed by atoms with E-state index in [-0.39, 0.29) is 0 Å². The monoisotopic (exact) mass is 276 g/mol. The van der Waals surface area contributed by atoms with Gasteiger partial charge in [0.1, 0.15) is 5.82 Å². The number of pyridine rings is 1. The largest absolute Gasteiger partial charge is 0.358 e. The SMILES string of the molecule is CCCCCN(C)c1nc(NN)c(Cl)cc1Cl. The molecule has 0 aliphatic rings. The van der Waals surface area contributed by atoms with Gasteiger partial charge in [0, 0.05) is 13.6 Å². The molecule has 0 spiro atoms. The summed E-state index contributed by atoms with van der Waals surface area (Å²) in [5, 5.41) is 0.955. The van der Waals surface area contributed by atoms with Gasteiger partial charge in [-0.15, -0.1) is 0 Å². The van der Waals surface area contributed by atoms with Gasteiger partial charge in [0.15, 0.2) is 5.82 Å². The maximum Gasteiger partial charge on any atom is 0.161 e. The normalized spacial score (nSPS) is 10.4. The second-order valence-corrected chi connectivity index (χ2v) is 4.71. The van der Waals surface area contributed by atoms with Crippen molar-refractivity contribution < 1.29 is 0 Å². The number of unbranched alkanes of at least 4 members (excludes halogenated alkanes) is 2. The summed E-state index contributed by atoms with van der Waals surface area (Å²) in [5.74, 6) is 6.47. The van der Waals surface area contributed by atoms with Crippen LogP contribution in [0.5, 0.6) is 0 Å². The second-order valence-electron chi connectivity index (χ2n) is 3.90. The quantitative estimate of drug-likeness (QED) is 0.476. The molecule has 1 aromatic heterocycles. The van der Waals surface area contributed by atoms with Crippen LogP contribution in [0.1, 0.15) is 26.2 Å².